The van der Waals surface area contributed by atoms with Crippen LogP contribution in [-0.4, -0.2) is 34.1 Å². The Morgan fingerprint density at radius 1 is 1.10 bits per heavy atom. The molecule has 0 spiro atoms. The molecule has 0 unspecified atom stereocenters. The Kier molecular flexibility index (Phi) is 4.14. The van der Waals surface area contributed by atoms with Crippen LogP contribution >= 0.6 is 0 Å². The molecule has 1 aromatic heterocycles. The van der Waals surface area contributed by atoms with Crippen molar-refractivity contribution >= 4 is 36.8 Å². The lowest BCUT2D eigenvalue weighted by Gasteiger charge is -2.07. The Morgan fingerprint density at radius 2 is 1.81 bits per heavy atom. The fourth-order valence-electron chi connectivity index (χ4n) is 1.69. The second kappa shape index (κ2) is 5.56. The number of anilines is 1. The average Bonchev–Trinajstić information content (AvgIpc) is 2.36. The van der Waals surface area contributed by atoms with Crippen molar-refractivity contribution in [3.05, 3.63) is 30.3 Å². The minimum absolute atomic E-state index is 0.0102. The second-order valence-electron chi connectivity index (χ2n) is 4.36. The number of fused-ring (bicyclic) bond motifs is 1. The van der Waals surface area contributed by atoms with Gasteiger partial charge in [0.25, 0.3) is 0 Å². The summed E-state index contributed by atoms with van der Waals surface area (Å²) >= 11 is 0. The average molecular weight is 330 g/mol. The Hall–Kier alpha value is -1.75. The SMILES string of the molecule is Nc1ccc2cc(S(=O)(=O)NCCS(N)(=O)=O)ccc2n1. The smallest absolute Gasteiger partial charge is 0.240 e. The van der Waals surface area contributed by atoms with Gasteiger partial charge < -0.3 is 5.73 Å². The van der Waals surface area contributed by atoms with Crippen LogP contribution in [0.25, 0.3) is 10.9 Å². The standard InChI is InChI=1S/C11H14N4O4S2/c12-11-4-1-8-7-9(2-3-10(8)15-11)21(18,19)14-5-6-20(13,16)17/h1-4,7,14H,5-6H2,(H2,12,15)(H2,13,16,17). The molecule has 2 aromatic rings. The van der Waals surface area contributed by atoms with Crippen molar-refractivity contribution in [3.8, 4) is 0 Å². The van der Waals surface area contributed by atoms with Crippen molar-refractivity contribution in [2.45, 2.75) is 4.90 Å². The van der Waals surface area contributed by atoms with Crippen molar-refractivity contribution in [2.75, 3.05) is 18.0 Å². The van der Waals surface area contributed by atoms with Gasteiger partial charge in [0.2, 0.25) is 20.0 Å². The van der Waals surface area contributed by atoms with Gasteiger partial charge in [-0.2, -0.15) is 0 Å². The van der Waals surface area contributed by atoms with Gasteiger partial charge >= 0.3 is 0 Å². The van der Waals surface area contributed by atoms with Gasteiger partial charge in [-0.25, -0.2) is 31.7 Å². The first kappa shape index (κ1) is 15.6. The van der Waals surface area contributed by atoms with E-state index in [0.29, 0.717) is 16.7 Å². The Balaban J connectivity index is 2.26. The number of rotatable bonds is 5. The maximum absolute atomic E-state index is 12.0. The molecule has 2 rings (SSSR count). The maximum atomic E-state index is 12.0. The van der Waals surface area contributed by atoms with Crippen LogP contribution in [0.2, 0.25) is 0 Å². The van der Waals surface area contributed by atoms with E-state index in [1.807, 2.05) is 0 Å². The molecule has 0 saturated heterocycles. The number of nitrogens with zero attached hydrogens (tertiary/aromatic N) is 1. The number of nitrogens with two attached hydrogens (primary N) is 2. The molecule has 0 radical (unpaired) electrons. The minimum Gasteiger partial charge on any atom is -0.384 e. The predicted octanol–water partition coefficient (Wildman–Crippen LogP) is -0.616. The van der Waals surface area contributed by atoms with E-state index in [4.69, 9.17) is 10.9 Å². The van der Waals surface area contributed by atoms with Gasteiger partial charge in [-0.15, -0.1) is 0 Å². The largest absolute Gasteiger partial charge is 0.384 e. The number of nitrogen functional groups attached to an aromatic ring is 1. The molecule has 5 N–H and O–H groups in total. The molecule has 0 aliphatic rings. The molecule has 10 heteroatoms. The third kappa shape index (κ3) is 4.11. The summed E-state index contributed by atoms with van der Waals surface area (Å²) in [6.07, 6.45) is 0. The molecule has 8 nitrogen and oxygen atoms in total. The van der Waals surface area contributed by atoms with Crippen molar-refractivity contribution < 1.29 is 16.8 Å². The third-order valence-electron chi connectivity index (χ3n) is 2.67. The fourth-order valence-corrected chi connectivity index (χ4v) is 3.27. The van der Waals surface area contributed by atoms with E-state index in [2.05, 4.69) is 9.71 Å². The summed E-state index contributed by atoms with van der Waals surface area (Å²) in [6.45, 7) is -0.292. The molecular weight excluding hydrogens is 316 g/mol. The Bertz CT molecular complexity index is 878. The van der Waals surface area contributed by atoms with Crippen LogP contribution in [0.15, 0.2) is 35.2 Å². The second-order valence-corrected chi connectivity index (χ2v) is 7.86. The molecule has 0 bridgehead atoms. The highest BCUT2D eigenvalue weighted by Crippen LogP contribution is 2.18. The molecule has 114 valence electrons. The van der Waals surface area contributed by atoms with E-state index in [-0.39, 0.29) is 11.4 Å². The van der Waals surface area contributed by atoms with E-state index < -0.39 is 25.8 Å². The van der Waals surface area contributed by atoms with Gasteiger partial charge in [0.15, 0.2) is 0 Å². The summed E-state index contributed by atoms with van der Waals surface area (Å²) in [6, 6.07) is 7.54. The molecular formula is C11H14N4O4S2. The Morgan fingerprint density at radius 3 is 2.48 bits per heavy atom. The monoisotopic (exact) mass is 330 g/mol. The van der Waals surface area contributed by atoms with Crippen molar-refractivity contribution in [2.24, 2.45) is 5.14 Å². The molecule has 1 heterocycles. The molecule has 1 aromatic carbocycles. The maximum Gasteiger partial charge on any atom is 0.240 e. The van der Waals surface area contributed by atoms with E-state index in [1.54, 1.807) is 12.1 Å². The number of sulfonamides is 2. The summed E-state index contributed by atoms with van der Waals surface area (Å²) in [5.41, 5.74) is 6.11. The normalized spacial score (nSPS) is 12.6. The van der Waals surface area contributed by atoms with Gasteiger partial charge in [-0.3, -0.25) is 0 Å². The van der Waals surface area contributed by atoms with Crippen molar-refractivity contribution in [1.82, 2.24) is 9.71 Å². The zero-order valence-electron chi connectivity index (χ0n) is 10.9. The van der Waals surface area contributed by atoms with Crippen LogP contribution < -0.4 is 15.6 Å². The highest BCUT2D eigenvalue weighted by molar-refractivity contribution is 7.90. The summed E-state index contributed by atoms with van der Waals surface area (Å²) in [5.74, 6) is -0.137. The summed E-state index contributed by atoms with van der Waals surface area (Å²) in [7, 11) is -7.53. The highest BCUT2D eigenvalue weighted by atomic mass is 32.2. The number of aromatic nitrogens is 1. The zero-order chi connectivity index (χ0) is 15.7. The fraction of sp³-hybridized carbons (Fsp3) is 0.182. The number of hydrogen-bond donors (Lipinski definition) is 3. The topological polar surface area (TPSA) is 145 Å². The quantitative estimate of drug-likeness (QED) is 0.666. The summed E-state index contributed by atoms with van der Waals surface area (Å²) < 4.78 is 47.8. The van der Waals surface area contributed by atoms with E-state index in [1.165, 1.54) is 18.2 Å². The van der Waals surface area contributed by atoms with Gasteiger partial charge in [0.1, 0.15) is 5.82 Å². The first-order valence-electron chi connectivity index (χ1n) is 5.84. The molecule has 21 heavy (non-hydrogen) atoms. The minimum atomic E-state index is -3.81. The van der Waals surface area contributed by atoms with Gasteiger partial charge in [0, 0.05) is 11.9 Å². The summed E-state index contributed by atoms with van der Waals surface area (Å²) in [4.78, 5) is 4.07. The lowest BCUT2D eigenvalue weighted by molar-refractivity contribution is 0.581. The zero-order valence-corrected chi connectivity index (χ0v) is 12.5. The van der Waals surface area contributed by atoms with Crippen LogP contribution in [-0.2, 0) is 20.0 Å². The molecule has 0 atom stereocenters. The van der Waals surface area contributed by atoms with Gasteiger partial charge in [0.05, 0.1) is 16.2 Å². The van der Waals surface area contributed by atoms with E-state index in [9.17, 15) is 16.8 Å². The molecule has 0 aliphatic carbocycles. The van der Waals surface area contributed by atoms with Crippen LogP contribution in [0, 0.1) is 0 Å². The van der Waals surface area contributed by atoms with Gasteiger partial charge in [-0.05, 0) is 30.3 Å². The predicted molar refractivity (Wildman–Crippen MR) is 79.3 cm³/mol. The highest BCUT2D eigenvalue weighted by Gasteiger charge is 2.15. The van der Waals surface area contributed by atoms with E-state index in [0.717, 1.165) is 0 Å². The number of nitrogens with one attached hydrogen (secondary N) is 1. The Labute approximate surface area is 122 Å². The third-order valence-corrected chi connectivity index (χ3v) is 4.90. The first-order valence-corrected chi connectivity index (χ1v) is 9.04. The van der Waals surface area contributed by atoms with Crippen molar-refractivity contribution in [1.29, 1.82) is 0 Å². The number of benzene rings is 1. The molecule has 0 aliphatic heterocycles. The van der Waals surface area contributed by atoms with Crippen LogP contribution in [0.1, 0.15) is 0 Å². The van der Waals surface area contributed by atoms with Crippen LogP contribution in [0.5, 0.6) is 0 Å². The summed E-state index contributed by atoms with van der Waals surface area (Å²) in [5, 5.41) is 5.42. The first-order chi connectivity index (χ1) is 9.67. The number of hydrogen-bond acceptors (Lipinski definition) is 6. The van der Waals surface area contributed by atoms with Crippen LogP contribution in [0.4, 0.5) is 5.82 Å². The molecule has 0 amide bonds. The van der Waals surface area contributed by atoms with Gasteiger partial charge in [-0.1, -0.05) is 0 Å². The van der Waals surface area contributed by atoms with Crippen molar-refractivity contribution in [3.63, 3.8) is 0 Å². The molecule has 0 saturated carbocycles. The lowest BCUT2D eigenvalue weighted by atomic mass is 10.2. The lowest BCUT2D eigenvalue weighted by Crippen LogP contribution is -2.31. The van der Waals surface area contributed by atoms with Crippen LogP contribution in [0.3, 0.4) is 0 Å². The van der Waals surface area contributed by atoms with E-state index >= 15 is 0 Å². The number of pyridine rings is 1. The number of primary sulfonamides is 1. The molecule has 0 fully saturated rings.